The lowest BCUT2D eigenvalue weighted by Crippen LogP contribution is -2.07. The lowest BCUT2D eigenvalue weighted by Gasteiger charge is -2.14. The number of benzene rings is 8. The summed E-state index contributed by atoms with van der Waals surface area (Å²) in [6.45, 7) is 0. The van der Waals surface area contributed by atoms with Crippen molar-refractivity contribution in [1.82, 2.24) is 19.5 Å². The second kappa shape index (κ2) is 11.2. The summed E-state index contributed by atoms with van der Waals surface area (Å²) in [7, 11) is 0. The highest BCUT2D eigenvalue weighted by atomic mass is 16.3. The summed E-state index contributed by atoms with van der Waals surface area (Å²) in [6.07, 6.45) is 0. The molecular formula is C47H28N4O. The zero-order chi connectivity index (χ0) is 34.2. The highest BCUT2D eigenvalue weighted by molar-refractivity contribution is 6.22. The number of rotatable bonds is 4. The van der Waals surface area contributed by atoms with E-state index in [1.54, 1.807) is 0 Å². The molecule has 11 rings (SSSR count). The first kappa shape index (κ1) is 28.7. The van der Waals surface area contributed by atoms with Gasteiger partial charge in [0.25, 0.3) is 0 Å². The largest absolute Gasteiger partial charge is 0.456 e. The van der Waals surface area contributed by atoms with Crippen molar-refractivity contribution >= 4 is 65.3 Å². The molecule has 0 fully saturated rings. The van der Waals surface area contributed by atoms with Gasteiger partial charge in [0.15, 0.2) is 11.6 Å². The van der Waals surface area contributed by atoms with E-state index in [0.717, 1.165) is 76.8 Å². The predicted octanol–water partition coefficient (Wildman–Crippen LogP) is 12.2. The van der Waals surface area contributed by atoms with Gasteiger partial charge in [-0.25, -0.2) is 4.98 Å². The van der Waals surface area contributed by atoms with Crippen LogP contribution < -0.4 is 0 Å². The van der Waals surface area contributed by atoms with Gasteiger partial charge < -0.3 is 4.42 Å². The number of hydrogen-bond donors (Lipinski definition) is 0. The van der Waals surface area contributed by atoms with E-state index < -0.39 is 0 Å². The van der Waals surface area contributed by atoms with E-state index in [2.05, 4.69) is 138 Å². The Labute approximate surface area is 298 Å². The van der Waals surface area contributed by atoms with Crippen LogP contribution in [0, 0.1) is 0 Å². The van der Waals surface area contributed by atoms with Crippen molar-refractivity contribution in [1.29, 1.82) is 0 Å². The molecule has 5 heteroatoms. The standard InChI is InChI=1S/C47H28N4O/c1-3-14-31(15-4-1)45-48-46(32-16-5-2-6-17-32)50-47(49-45)51-43-35-19-10-8-13-30(35)22-25-38(43)37-21-11-20-36(44(37)51)33-24-26-40-39(28-33)42-34-18-9-7-12-29(34)23-27-41(42)52-40/h1-28H. The molecule has 11 aromatic rings. The minimum atomic E-state index is 0.567. The van der Waals surface area contributed by atoms with Gasteiger partial charge in [-0.05, 0) is 39.9 Å². The molecule has 0 saturated carbocycles. The Kier molecular flexibility index (Phi) is 6.18. The average Bonchev–Trinajstić information content (AvgIpc) is 3.77. The van der Waals surface area contributed by atoms with Crippen LogP contribution in [0.5, 0.6) is 0 Å². The molecule has 3 aromatic heterocycles. The van der Waals surface area contributed by atoms with Gasteiger partial charge in [-0.15, -0.1) is 0 Å². The number of nitrogens with zero attached hydrogens (tertiary/aromatic N) is 4. The Morgan fingerprint density at radius 2 is 0.981 bits per heavy atom. The third-order valence-corrected chi connectivity index (χ3v) is 10.2. The third kappa shape index (κ3) is 4.33. The smallest absolute Gasteiger partial charge is 0.238 e. The minimum absolute atomic E-state index is 0.567. The van der Waals surface area contributed by atoms with E-state index in [-0.39, 0.29) is 0 Å². The summed E-state index contributed by atoms with van der Waals surface area (Å²) in [4.78, 5) is 15.5. The molecule has 0 saturated heterocycles. The fourth-order valence-corrected chi connectivity index (χ4v) is 7.87. The molecule has 0 aliphatic rings. The molecule has 0 atom stereocenters. The molecule has 52 heavy (non-hydrogen) atoms. The predicted molar refractivity (Wildman–Crippen MR) is 213 cm³/mol. The Bertz CT molecular complexity index is 3120. The molecular weight excluding hydrogens is 637 g/mol. The molecule has 0 bridgehead atoms. The van der Waals surface area contributed by atoms with Gasteiger partial charge in [0.05, 0.1) is 11.0 Å². The van der Waals surface area contributed by atoms with Crippen LogP contribution in [0.4, 0.5) is 0 Å². The van der Waals surface area contributed by atoms with Crippen molar-refractivity contribution < 1.29 is 4.42 Å². The summed E-state index contributed by atoms with van der Waals surface area (Å²) in [5.74, 6) is 1.81. The Morgan fingerprint density at radius 1 is 0.385 bits per heavy atom. The first-order chi connectivity index (χ1) is 25.8. The quantitative estimate of drug-likeness (QED) is 0.188. The van der Waals surface area contributed by atoms with Crippen LogP contribution in [0.25, 0.3) is 105 Å². The maximum Gasteiger partial charge on any atom is 0.238 e. The monoisotopic (exact) mass is 664 g/mol. The third-order valence-electron chi connectivity index (χ3n) is 10.2. The van der Waals surface area contributed by atoms with Crippen LogP contribution in [0.1, 0.15) is 0 Å². The topological polar surface area (TPSA) is 56.7 Å². The number of hydrogen-bond acceptors (Lipinski definition) is 4. The highest BCUT2D eigenvalue weighted by Gasteiger charge is 2.22. The second-order valence-electron chi connectivity index (χ2n) is 13.2. The van der Waals surface area contributed by atoms with Crippen LogP contribution in [-0.2, 0) is 0 Å². The zero-order valence-electron chi connectivity index (χ0n) is 27.9. The van der Waals surface area contributed by atoms with Gasteiger partial charge in [-0.3, -0.25) is 4.57 Å². The lowest BCUT2D eigenvalue weighted by molar-refractivity contribution is 0.669. The first-order valence-electron chi connectivity index (χ1n) is 17.5. The summed E-state index contributed by atoms with van der Waals surface area (Å²) < 4.78 is 8.67. The summed E-state index contributed by atoms with van der Waals surface area (Å²) >= 11 is 0. The van der Waals surface area contributed by atoms with Gasteiger partial charge >= 0.3 is 0 Å². The maximum absolute atomic E-state index is 6.41. The minimum Gasteiger partial charge on any atom is -0.456 e. The number of para-hydroxylation sites is 1. The van der Waals surface area contributed by atoms with Crippen LogP contribution in [0.3, 0.4) is 0 Å². The molecule has 0 aliphatic carbocycles. The fraction of sp³-hybridized carbons (Fsp3) is 0. The summed E-state index contributed by atoms with van der Waals surface area (Å²) in [6, 6.07) is 59.1. The highest BCUT2D eigenvalue weighted by Crippen LogP contribution is 2.43. The molecule has 0 unspecified atom stereocenters. The second-order valence-corrected chi connectivity index (χ2v) is 13.2. The maximum atomic E-state index is 6.41. The van der Waals surface area contributed by atoms with E-state index in [4.69, 9.17) is 19.4 Å². The Balaban J connectivity index is 1.27. The zero-order valence-corrected chi connectivity index (χ0v) is 27.9. The molecule has 242 valence electrons. The lowest BCUT2D eigenvalue weighted by atomic mass is 9.98. The van der Waals surface area contributed by atoms with Crippen molar-refractivity contribution in [3.63, 3.8) is 0 Å². The molecule has 5 nitrogen and oxygen atoms in total. The Morgan fingerprint density at radius 3 is 1.73 bits per heavy atom. The normalized spacial score (nSPS) is 11.8. The van der Waals surface area contributed by atoms with E-state index in [1.165, 1.54) is 10.8 Å². The molecule has 0 spiro atoms. The average molecular weight is 665 g/mol. The Hall–Kier alpha value is -7.11. The first-order valence-corrected chi connectivity index (χ1v) is 17.5. The summed E-state index contributed by atoms with van der Waals surface area (Å²) in [5.41, 5.74) is 7.88. The van der Waals surface area contributed by atoms with Gasteiger partial charge in [0, 0.05) is 43.6 Å². The van der Waals surface area contributed by atoms with Crippen molar-refractivity contribution in [3.05, 3.63) is 170 Å². The SMILES string of the molecule is c1ccc(-c2nc(-c3ccccc3)nc(-n3c4c(-c5ccc6oc7ccc8ccccc8c7c6c5)cccc4c4ccc5ccccc5c43)n2)cc1. The van der Waals surface area contributed by atoms with E-state index in [0.29, 0.717) is 17.6 Å². The van der Waals surface area contributed by atoms with Crippen molar-refractivity contribution in [3.8, 4) is 39.9 Å². The van der Waals surface area contributed by atoms with Crippen molar-refractivity contribution in [2.45, 2.75) is 0 Å². The number of furan rings is 1. The molecule has 0 amide bonds. The van der Waals surface area contributed by atoms with Crippen LogP contribution in [0.15, 0.2) is 174 Å². The molecule has 3 heterocycles. The number of fused-ring (bicyclic) bond motifs is 10. The summed E-state index contributed by atoms with van der Waals surface area (Å²) in [5, 5.41) is 9.14. The van der Waals surface area contributed by atoms with E-state index >= 15 is 0 Å². The van der Waals surface area contributed by atoms with Crippen LogP contribution in [0.2, 0.25) is 0 Å². The number of aromatic nitrogens is 4. The van der Waals surface area contributed by atoms with E-state index in [9.17, 15) is 0 Å². The van der Waals surface area contributed by atoms with Gasteiger partial charge in [-0.2, -0.15) is 9.97 Å². The van der Waals surface area contributed by atoms with Crippen molar-refractivity contribution in [2.75, 3.05) is 0 Å². The van der Waals surface area contributed by atoms with Gasteiger partial charge in [0.2, 0.25) is 5.95 Å². The van der Waals surface area contributed by atoms with Crippen LogP contribution in [-0.4, -0.2) is 19.5 Å². The van der Waals surface area contributed by atoms with Gasteiger partial charge in [-0.1, -0.05) is 152 Å². The molecule has 0 radical (unpaired) electrons. The van der Waals surface area contributed by atoms with Crippen LogP contribution >= 0.6 is 0 Å². The molecule has 0 aliphatic heterocycles. The molecule has 8 aromatic carbocycles. The van der Waals surface area contributed by atoms with Crippen molar-refractivity contribution in [2.24, 2.45) is 0 Å². The van der Waals surface area contributed by atoms with E-state index in [1.807, 2.05) is 36.4 Å². The fourth-order valence-electron chi connectivity index (χ4n) is 7.87. The van der Waals surface area contributed by atoms with Gasteiger partial charge in [0.1, 0.15) is 11.2 Å². The molecule has 0 N–H and O–H groups in total.